The van der Waals surface area contributed by atoms with Gasteiger partial charge >= 0.3 is 0 Å². The van der Waals surface area contributed by atoms with Crippen LogP contribution in [0.2, 0.25) is 0 Å². The molecular weight excluding hydrogens is 414 g/mol. The first kappa shape index (κ1) is 20.8. The van der Waals surface area contributed by atoms with Crippen molar-refractivity contribution in [2.24, 2.45) is 0 Å². The van der Waals surface area contributed by atoms with Crippen molar-refractivity contribution >= 4 is 26.7 Å². The van der Waals surface area contributed by atoms with Crippen molar-refractivity contribution in [1.82, 2.24) is 9.21 Å². The Balaban J connectivity index is 1.38. The molecule has 3 aromatic rings. The fourth-order valence-electron chi connectivity index (χ4n) is 3.57. The number of rotatable bonds is 5. The summed E-state index contributed by atoms with van der Waals surface area (Å²) >= 11 is 0. The minimum Gasteiger partial charge on any atom is -0.482 e. The normalized spacial score (nSPS) is 14.9. The predicted octanol–water partition coefficient (Wildman–Crippen LogP) is 2.62. The van der Waals surface area contributed by atoms with E-state index in [1.165, 1.54) is 4.31 Å². The Hall–Kier alpha value is -3.41. The maximum Gasteiger partial charge on any atom is 0.260 e. The van der Waals surface area contributed by atoms with Gasteiger partial charge in [0, 0.05) is 26.2 Å². The average Bonchev–Trinajstić information content (AvgIpc) is 2.82. The van der Waals surface area contributed by atoms with Gasteiger partial charge in [0.05, 0.1) is 10.5 Å². The van der Waals surface area contributed by atoms with E-state index < -0.39 is 10.0 Å². The highest BCUT2D eigenvalue weighted by Gasteiger charge is 2.30. The van der Waals surface area contributed by atoms with Crippen molar-refractivity contribution in [1.29, 1.82) is 5.26 Å². The molecule has 0 N–H and O–H groups in total. The maximum absolute atomic E-state index is 13.1. The summed E-state index contributed by atoms with van der Waals surface area (Å²) in [5, 5.41) is 11.0. The van der Waals surface area contributed by atoms with Crippen molar-refractivity contribution in [2.75, 3.05) is 32.8 Å². The van der Waals surface area contributed by atoms with Crippen molar-refractivity contribution in [3.05, 3.63) is 72.3 Å². The van der Waals surface area contributed by atoms with Gasteiger partial charge in [0.15, 0.2) is 6.61 Å². The van der Waals surface area contributed by atoms with Crippen LogP contribution in [-0.4, -0.2) is 56.3 Å². The number of nitriles is 1. The van der Waals surface area contributed by atoms with Crippen LogP contribution in [0, 0.1) is 11.3 Å². The zero-order valence-corrected chi connectivity index (χ0v) is 17.6. The van der Waals surface area contributed by atoms with Crippen LogP contribution in [0.15, 0.2) is 71.6 Å². The number of benzene rings is 3. The van der Waals surface area contributed by atoms with Gasteiger partial charge in [-0.05, 0) is 35.0 Å². The zero-order valence-electron chi connectivity index (χ0n) is 16.8. The minimum absolute atomic E-state index is 0.198. The molecule has 31 heavy (non-hydrogen) atoms. The molecule has 0 saturated carbocycles. The first-order valence-corrected chi connectivity index (χ1v) is 11.3. The van der Waals surface area contributed by atoms with E-state index in [0.29, 0.717) is 11.3 Å². The number of ether oxygens (including phenoxy) is 1. The van der Waals surface area contributed by atoms with Crippen molar-refractivity contribution in [3.63, 3.8) is 0 Å². The molecule has 1 aliphatic heterocycles. The topological polar surface area (TPSA) is 90.7 Å². The summed E-state index contributed by atoms with van der Waals surface area (Å²) < 4.78 is 33.0. The first-order valence-electron chi connectivity index (χ1n) is 9.88. The Kier molecular flexibility index (Phi) is 5.89. The van der Waals surface area contributed by atoms with E-state index in [1.807, 2.05) is 30.3 Å². The van der Waals surface area contributed by atoms with Gasteiger partial charge in [-0.15, -0.1) is 0 Å². The lowest BCUT2D eigenvalue weighted by Gasteiger charge is -2.34. The molecule has 1 heterocycles. The van der Waals surface area contributed by atoms with E-state index in [9.17, 15) is 13.2 Å². The van der Waals surface area contributed by atoms with Gasteiger partial charge in [-0.3, -0.25) is 4.79 Å². The molecule has 8 heteroatoms. The summed E-state index contributed by atoms with van der Waals surface area (Å²) in [6.07, 6.45) is 0. The quantitative estimate of drug-likeness (QED) is 0.615. The fourth-order valence-corrected chi connectivity index (χ4v) is 5.03. The Morgan fingerprint density at radius 2 is 1.61 bits per heavy atom. The smallest absolute Gasteiger partial charge is 0.260 e. The number of piperazine rings is 1. The van der Waals surface area contributed by atoms with Crippen LogP contribution < -0.4 is 4.74 Å². The van der Waals surface area contributed by atoms with Gasteiger partial charge in [0.25, 0.3) is 5.91 Å². The Morgan fingerprint density at radius 3 is 2.35 bits per heavy atom. The van der Waals surface area contributed by atoms with Crippen molar-refractivity contribution < 1.29 is 17.9 Å². The second kappa shape index (κ2) is 8.76. The lowest BCUT2D eigenvalue weighted by molar-refractivity contribution is -0.134. The van der Waals surface area contributed by atoms with Crippen LogP contribution in [0.3, 0.4) is 0 Å². The average molecular weight is 436 g/mol. The molecule has 1 fully saturated rings. The molecule has 1 aliphatic rings. The molecule has 3 aromatic carbocycles. The Bertz CT molecular complexity index is 1260. The highest BCUT2D eigenvalue weighted by molar-refractivity contribution is 7.89. The van der Waals surface area contributed by atoms with E-state index in [2.05, 4.69) is 0 Å². The zero-order chi connectivity index (χ0) is 21.8. The summed E-state index contributed by atoms with van der Waals surface area (Å²) in [6, 6.07) is 21.5. The molecule has 1 saturated heterocycles. The molecule has 1 amide bonds. The number of carbonyl (C=O) groups is 1. The fraction of sp³-hybridized carbons (Fsp3) is 0.217. The number of para-hydroxylation sites is 1. The third-order valence-corrected chi connectivity index (χ3v) is 7.20. The Morgan fingerprint density at radius 1 is 0.935 bits per heavy atom. The predicted molar refractivity (Wildman–Crippen MR) is 116 cm³/mol. The summed E-state index contributed by atoms with van der Waals surface area (Å²) in [5.41, 5.74) is 0.363. The van der Waals surface area contributed by atoms with Gasteiger partial charge in [-0.2, -0.15) is 9.57 Å². The van der Waals surface area contributed by atoms with Crippen molar-refractivity contribution in [2.45, 2.75) is 4.90 Å². The molecule has 0 aromatic heterocycles. The van der Waals surface area contributed by atoms with Gasteiger partial charge < -0.3 is 9.64 Å². The van der Waals surface area contributed by atoms with Crippen LogP contribution in [0.1, 0.15) is 5.56 Å². The minimum atomic E-state index is -3.64. The largest absolute Gasteiger partial charge is 0.482 e. The molecular formula is C23H21N3O4S. The van der Waals surface area contributed by atoms with Crippen LogP contribution in [0.4, 0.5) is 0 Å². The molecule has 0 aliphatic carbocycles. The SMILES string of the molecule is N#Cc1ccccc1OCC(=O)N1CCN(S(=O)(=O)c2ccc3ccccc3c2)CC1. The summed E-state index contributed by atoms with van der Waals surface area (Å²) in [7, 11) is -3.64. The number of sulfonamides is 1. The number of hydrogen-bond donors (Lipinski definition) is 0. The number of hydrogen-bond acceptors (Lipinski definition) is 5. The second-order valence-corrected chi connectivity index (χ2v) is 9.13. The Labute approximate surface area is 181 Å². The number of amides is 1. The van der Waals surface area contributed by atoms with Crippen LogP contribution in [0.25, 0.3) is 10.8 Å². The number of nitrogens with zero attached hydrogens (tertiary/aromatic N) is 3. The maximum atomic E-state index is 13.1. The first-order chi connectivity index (χ1) is 15.0. The van der Waals surface area contributed by atoms with E-state index >= 15 is 0 Å². The monoisotopic (exact) mass is 435 g/mol. The summed E-state index contributed by atoms with van der Waals surface area (Å²) in [6.45, 7) is 0.811. The highest BCUT2D eigenvalue weighted by Crippen LogP contribution is 2.23. The van der Waals surface area contributed by atoms with Crippen LogP contribution in [0.5, 0.6) is 5.75 Å². The summed E-state index contributed by atoms with van der Waals surface area (Å²) in [4.78, 5) is 14.3. The number of fused-ring (bicyclic) bond motifs is 1. The second-order valence-electron chi connectivity index (χ2n) is 7.19. The van der Waals surface area contributed by atoms with Gasteiger partial charge in [0.1, 0.15) is 11.8 Å². The van der Waals surface area contributed by atoms with E-state index in [-0.39, 0.29) is 43.6 Å². The number of carbonyl (C=O) groups excluding carboxylic acids is 1. The molecule has 0 radical (unpaired) electrons. The lowest BCUT2D eigenvalue weighted by atomic mass is 10.1. The van der Waals surface area contributed by atoms with Gasteiger partial charge in [-0.1, -0.05) is 42.5 Å². The summed E-state index contributed by atoms with van der Waals surface area (Å²) in [5.74, 6) is 0.117. The van der Waals surface area contributed by atoms with E-state index in [0.717, 1.165) is 10.8 Å². The highest BCUT2D eigenvalue weighted by atomic mass is 32.2. The molecule has 7 nitrogen and oxygen atoms in total. The molecule has 4 rings (SSSR count). The van der Waals surface area contributed by atoms with Gasteiger partial charge in [-0.25, -0.2) is 8.42 Å². The molecule has 0 atom stereocenters. The van der Waals surface area contributed by atoms with Crippen LogP contribution in [-0.2, 0) is 14.8 Å². The van der Waals surface area contributed by atoms with Gasteiger partial charge in [0.2, 0.25) is 10.0 Å². The lowest BCUT2D eigenvalue weighted by Crippen LogP contribution is -2.51. The van der Waals surface area contributed by atoms with E-state index in [4.69, 9.17) is 10.00 Å². The van der Waals surface area contributed by atoms with E-state index in [1.54, 1.807) is 47.4 Å². The third-order valence-electron chi connectivity index (χ3n) is 5.31. The molecule has 0 unspecified atom stereocenters. The molecule has 158 valence electrons. The molecule has 0 spiro atoms. The van der Waals surface area contributed by atoms with Crippen molar-refractivity contribution in [3.8, 4) is 11.8 Å². The standard InChI is InChI=1S/C23H21N3O4S/c24-16-20-7-3-4-8-22(20)30-17-23(27)25-11-13-26(14-12-25)31(28,29)21-10-9-18-5-1-2-6-19(18)15-21/h1-10,15H,11-14,17H2. The molecule has 0 bridgehead atoms. The third kappa shape index (κ3) is 4.38. The van der Waals surface area contributed by atoms with Crippen LogP contribution >= 0.6 is 0 Å².